The van der Waals surface area contributed by atoms with Gasteiger partial charge in [0.2, 0.25) is 17.6 Å². The summed E-state index contributed by atoms with van der Waals surface area (Å²) in [4.78, 5) is 68.2. The molecule has 1 aromatic carbocycles. The predicted molar refractivity (Wildman–Crippen MR) is 172 cm³/mol. The Balaban J connectivity index is 1.74. The summed E-state index contributed by atoms with van der Waals surface area (Å²) in [5.41, 5.74) is -1.72. The zero-order valence-electron chi connectivity index (χ0n) is 28.4. The summed E-state index contributed by atoms with van der Waals surface area (Å²) in [6, 6.07) is 4.71. The van der Waals surface area contributed by atoms with Gasteiger partial charge < -0.3 is 25.6 Å². The normalized spacial score (nSPS) is 21.8. The molecular formula is C33H50N4O8S. The lowest BCUT2D eigenvalue weighted by molar-refractivity contribution is -0.145. The number of carbonyl (C=O) groups is 5. The van der Waals surface area contributed by atoms with Crippen LogP contribution in [0.4, 0.5) is 4.79 Å². The van der Waals surface area contributed by atoms with Gasteiger partial charge in [0.1, 0.15) is 17.7 Å². The molecule has 256 valence electrons. The van der Waals surface area contributed by atoms with Crippen LogP contribution in [0.3, 0.4) is 0 Å². The number of hydrogen-bond donors (Lipinski definition) is 3. The first-order chi connectivity index (χ1) is 21.1. The number of hydrogen-bond acceptors (Lipinski definition) is 8. The van der Waals surface area contributed by atoms with Crippen molar-refractivity contribution in [2.45, 2.75) is 104 Å². The third-order valence-electron chi connectivity index (χ3n) is 8.73. The fourth-order valence-electron chi connectivity index (χ4n) is 6.16. The van der Waals surface area contributed by atoms with Crippen molar-refractivity contribution in [3.8, 4) is 0 Å². The summed E-state index contributed by atoms with van der Waals surface area (Å²) >= 11 is 0. The molecule has 5 atom stereocenters. The maximum atomic E-state index is 14.0. The Bertz CT molecular complexity index is 1430. The van der Waals surface area contributed by atoms with E-state index in [1.54, 1.807) is 45.9 Å². The number of amides is 4. The molecule has 12 nitrogen and oxygen atoms in total. The van der Waals surface area contributed by atoms with Crippen LogP contribution in [0.15, 0.2) is 35.2 Å². The quantitative estimate of drug-likeness (QED) is 0.287. The van der Waals surface area contributed by atoms with E-state index in [4.69, 9.17) is 4.74 Å². The average Bonchev–Trinajstić information content (AvgIpc) is 3.26. The number of ketones is 1. The van der Waals surface area contributed by atoms with Crippen LogP contribution >= 0.6 is 0 Å². The number of nitrogens with one attached hydrogen (secondary N) is 3. The SMILES string of the molecule is CCCC(NC(=O)C1C2C(CN1C(=O)[C@@H](NC(=O)OC(C)(C)C)C(C)(C)C)C2(C)C)C(=O)C(=O)NCCS(=O)(=O)c1ccccc1. The summed E-state index contributed by atoms with van der Waals surface area (Å²) < 4.78 is 30.5. The van der Waals surface area contributed by atoms with E-state index in [0.717, 1.165) is 0 Å². The van der Waals surface area contributed by atoms with Gasteiger partial charge in [-0.1, -0.05) is 66.2 Å². The van der Waals surface area contributed by atoms with Crippen LogP contribution in [0.5, 0.6) is 0 Å². The van der Waals surface area contributed by atoms with Crippen LogP contribution in [-0.2, 0) is 33.8 Å². The van der Waals surface area contributed by atoms with Crippen molar-refractivity contribution >= 4 is 39.4 Å². The van der Waals surface area contributed by atoms with Gasteiger partial charge in [0.05, 0.1) is 16.7 Å². The second-order valence-corrected chi connectivity index (χ2v) is 17.0. The van der Waals surface area contributed by atoms with Crippen LogP contribution in [0.1, 0.15) is 75.2 Å². The second-order valence-electron chi connectivity index (χ2n) is 14.9. The van der Waals surface area contributed by atoms with Crippen LogP contribution in [0, 0.1) is 22.7 Å². The van der Waals surface area contributed by atoms with Gasteiger partial charge in [-0.3, -0.25) is 19.2 Å². The lowest BCUT2D eigenvalue weighted by Gasteiger charge is -2.38. The minimum Gasteiger partial charge on any atom is -0.444 e. The monoisotopic (exact) mass is 662 g/mol. The lowest BCUT2D eigenvalue weighted by atomic mass is 9.85. The standard InChI is InChI=1S/C33H50N4O8S/c1-10-14-22(25(38)28(40)34-17-18-46(43,44)20-15-12-11-13-16-20)35-27(39)24-23-21(33(23,8)9)19-37(24)29(41)26(31(2,3)4)36-30(42)45-32(5,6)7/h11-13,15-16,21-24,26H,10,14,17-19H2,1-9H3,(H,34,40)(H,35,39)(H,36,42)/t21?,22?,23?,24?,26-/m1/s1. The van der Waals surface area contributed by atoms with E-state index in [-0.39, 0.29) is 35.1 Å². The molecule has 0 aromatic heterocycles. The Morgan fingerprint density at radius 1 is 1.00 bits per heavy atom. The molecule has 1 saturated heterocycles. The van der Waals surface area contributed by atoms with E-state index in [1.165, 1.54) is 17.0 Å². The van der Waals surface area contributed by atoms with E-state index in [2.05, 4.69) is 16.0 Å². The zero-order chi connectivity index (χ0) is 34.8. The highest BCUT2D eigenvalue weighted by atomic mass is 32.2. The van der Waals surface area contributed by atoms with E-state index < -0.39 is 74.3 Å². The smallest absolute Gasteiger partial charge is 0.408 e. The van der Waals surface area contributed by atoms with Crippen molar-refractivity contribution in [3.05, 3.63) is 30.3 Å². The number of likely N-dealkylation sites (tertiary alicyclic amines) is 1. The molecule has 1 saturated carbocycles. The van der Waals surface area contributed by atoms with Crippen molar-refractivity contribution in [2.75, 3.05) is 18.8 Å². The Morgan fingerprint density at radius 3 is 2.15 bits per heavy atom. The molecule has 46 heavy (non-hydrogen) atoms. The minimum absolute atomic E-state index is 0.0459. The molecule has 4 unspecified atom stereocenters. The maximum Gasteiger partial charge on any atom is 0.408 e. The van der Waals surface area contributed by atoms with Crippen molar-refractivity contribution < 1.29 is 37.1 Å². The van der Waals surface area contributed by atoms with Gasteiger partial charge in [0.15, 0.2) is 9.84 Å². The van der Waals surface area contributed by atoms with Crippen molar-refractivity contribution in [1.29, 1.82) is 0 Å². The van der Waals surface area contributed by atoms with E-state index in [9.17, 15) is 32.4 Å². The second kappa shape index (κ2) is 13.7. The average molecular weight is 663 g/mol. The number of nitrogens with zero attached hydrogens (tertiary/aromatic N) is 1. The highest BCUT2D eigenvalue weighted by Crippen LogP contribution is 2.65. The van der Waals surface area contributed by atoms with Gasteiger partial charge >= 0.3 is 6.09 Å². The van der Waals surface area contributed by atoms with Crippen molar-refractivity contribution in [1.82, 2.24) is 20.9 Å². The zero-order valence-corrected chi connectivity index (χ0v) is 29.2. The minimum atomic E-state index is -3.67. The topological polar surface area (TPSA) is 168 Å². The molecule has 3 N–H and O–H groups in total. The van der Waals surface area contributed by atoms with Gasteiger partial charge in [-0.25, -0.2) is 13.2 Å². The third kappa shape index (κ3) is 8.65. The molecule has 2 aliphatic rings. The van der Waals surface area contributed by atoms with Crippen LogP contribution in [0.25, 0.3) is 0 Å². The molecular weight excluding hydrogens is 612 g/mol. The molecule has 1 aliphatic carbocycles. The van der Waals surface area contributed by atoms with E-state index >= 15 is 0 Å². The molecule has 1 aliphatic heterocycles. The number of piperidine rings is 1. The molecule has 4 amide bonds. The molecule has 1 heterocycles. The fraction of sp³-hybridized carbons (Fsp3) is 0.667. The first-order valence-corrected chi connectivity index (χ1v) is 17.5. The predicted octanol–water partition coefficient (Wildman–Crippen LogP) is 2.85. The van der Waals surface area contributed by atoms with Crippen LogP contribution in [0.2, 0.25) is 0 Å². The molecule has 0 radical (unpaired) electrons. The number of sulfone groups is 1. The number of carbonyl (C=O) groups excluding carboxylic acids is 5. The Kier molecular flexibility index (Phi) is 11.0. The van der Waals surface area contributed by atoms with Gasteiger partial charge in [-0.15, -0.1) is 0 Å². The molecule has 0 spiro atoms. The first-order valence-electron chi connectivity index (χ1n) is 15.8. The Hall–Kier alpha value is -3.48. The largest absolute Gasteiger partial charge is 0.444 e. The molecule has 0 bridgehead atoms. The van der Waals surface area contributed by atoms with E-state index in [0.29, 0.717) is 13.0 Å². The summed E-state index contributed by atoms with van der Waals surface area (Å²) in [7, 11) is -3.67. The van der Waals surface area contributed by atoms with Gasteiger partial charge in [-0.05, 0) is 62.0 Å². The molecule has 2 fully saturated rings. The summed E-state index contributed by atoms with van der Waals surface area (Å²) in [6.07, 6.45) is -0.102. The third-order valence-corrected chi connectivity index (χ3v) is 10.5. The number of benzene rings is 1. The van der Waals surface area contributed by atoms with Gasteiger partial charge in [-0.2, -0.15) is 0 Å². The lowest BCUT2D eigenvalue weighted by Crippen LogP contribution is -2.60. The van der Waals surface area contributed by atoms with Crippen LogP contribution in [-0.4, -0.2) is 85.5 Å². The number of alkyl carbamates (subject to hydrolysis) is 1. The fourth-order valence-corrected chi connectivity index (χ4v) is 7.34. The van der Waals surface area contributed by atoms with Gasteiger partial charge in [0.25, 0.3) is 5.91 Å². The maximum absolute atomic E-state index is 14.0. The van der Waals surface area contributed by atoms with Crippen LogP contribution < -0.4 is 16.0 Å². The number of rotatable bonds is 12. The Labute approximate surface area is 272 Å². The van der Waals surface area contributed by atoms with E-state index in [1.807, 2.05) is 34.6 Å². The highest BCUT2D eigenvalue weighted by molar-refractivity contribution is 7.91. The summed E-state index contributed by atoms with van der Waals surface area (Å²) in [6.45, 7) is 16.5. The van der Waals surface area contributed by atoms with Crippen molar-refractivity contribution in [3.63, 3.8) is 0 Å². The molecule has 13 heteroatoms. The molecule has 3 rings (SSSR count). The number of Topliss-reactive ketones (excluding diaryl/α,β-unsaturated/α-hetero) is 1. The first kappa shape index (κ1) is 37.0. The number of fused-ring (bicyclic) bond motifs is 1. The number of ether oxygens (including phenoxy) is 1. The van der Waals surface area contributed by atoms with Gasteiger partial charge in [0, 0.05) is 13.1 Å². The summed E-state index contributed by atoms with van der Waals surface area (Å²) in [5.74, 6) is -3.41. The Morgan fingerprint density at radius 2 is 1.61 bits per heavy atom. The summed E-state index contributed by atoms with van der Waals surface area (Å²) in [5, 5.41) is 7.81. The highest BCUT2D eigenvalue weighted by Gasteiger charge is 2.70. The molecule has 1 aromatic rings. The van der Waals surface area contributed by atoms with Crippen molar-refractivity contribution in [2.24, 2.45) is 22.7 Å².